The zero-order chi connectivity index (χ0) is 20.8. The predicted molar refractivity (Wildman–Crippen MR) is 118 cm³/mol. The van der Waals surface area contributed by atoms with E-state index >= 15 is 0 Å². The summed E-state index contributed by atoms with van der Waals surface area (Å²) in [6.07, 6.45) is 3.23. The van der Waals surface area contributed by atoms with Gasteiger partial charge in [-0.1, -0.05) is 48.2 Å². The SMILES string of the molecule is Cc1ccccc1NC(=O)c1ccc(Oc2nccnc2Sc2ccccc2)cc1. The smallest absolute Gasteiger partial charge is 0.255 e. The fraction of sp³-hybridized carbons (Fsp3) is 0.0417. The summed E-state index contributed by atoms with van der Waals surface area (Å²) >= 11 is 1.48. The maximum absolute atomic E-state index is 12.5. The first-order chi connectivity index (χ1) is 14.7. The van der Waals surface area contributed by atoms with E-state index in [4.69, 9.17) is 4.74 Å². The Morgan fingerprint density at radius 1 is 0.867 bits per heavy atom. The van der Waals surface area contributed by atoms with Crippen LogP contribution in [0.2, 0.25) is 0 Å². The van der Waals surface area contributed by atoms with E-state index in [0.29, 0.717) is 22.2 Å². The van der Waals surface area contributed by atoms with E-state index in [0.717, 1.165) is 16.1 Å². The highest BCUT2D eigenvalue weighted by Gasteiger charge is 2.11. The highest BCUT2D eigenvalue weighted by atomic mass is 32.2. The Labute approximate surface area is 179 Å². The standard InChI is InChI=1S/C24H19N3O2S/c1-17-7-5-6-10-21(17)27-22(28)18-11-13-19(14-12-18)29-23-24(26-16-15-25-23)30-20-8-3-2-4-9-20/h2-16H,1H3,(H,27,28). The highest BCUT2D eigenvalue weighted by Crippen LogP contribution is 2.33. The van der Waals surface area contributed by atoms with E-state index < -0.39 is 0 Å². The Morgan fingerprint density at radius 3 is 2.33 bits per heavy atom. The molecule has 6 heteroatoms. The van der Waals surface area contributed by atoms with Gasteiger partial charge >= 0.3 is 0 Å². The number of nitrogens with zero attached hydrogens (tertiary/aromatic N) is 2. The van der Waals surface area contributed by atoms with Crippen LogP contribution in [-0.4, -0.2) is 15.9 Å². The molecule has 1 amide bonds. The van der Waals surface area contributed by atoms with Crippen LogP contribution in [0.15, 0.2) is 101 Å². The third-order valence-electron chi connectivity index (χ3n) is 4.32. The largest absolute Gasteiger partial charge is 0.437 e. The summed E-state index contributed by atoms with van der Waals surface area (Å²) in [7, 11) is 0. The summed E-state index contributed by atoms with van der Waals surface area (Å²) in [4.78, 5) is 22.3. The molecule has 0 aliphatic rings. The van der Waals surface area contributed by atoms with Gasteiger partial charge in [-0.05, 0) is 55.0 Å². The lowest BCUT2D eigenvalue weighted by Crippen LogP contribution is -2.12. The number of carbonyl (C=O) groups excluding carboxylic acids is 1. The van der Waals surface area contributed by atoms with Gasteiger partial charge in [0.2, 0.25) is 0 Å². The molecular formula is C24H19N3O2S. The number of para-hydroxylation sites is 1. The zero-order valence-electron chi connectivity index (χ0n) is 16.3. The first-order valence-electron chi connectivity index (χ1n) is 9.38. The predicted octanol–water partition coefficient (Wildman–Crippen LogP) is 5.98. The maximum atomic E-state index is 12.5. The second-order valence-corrected chi connectivity index (χ2v) is 7.54. The molecular weight excluding hydrogens is 394 g/mol. The van der Waals surface area contributed by atoms with Crippen molar-refractivity contribution in [2.24, 2.45) is 0 Å². The van der Waals surface area contributed by atoms with Crippen LogP contribution in [0.1, 0.15) is 15.9 Å². The number of ether oxygens (including phenoxy) is 1. The average molecular weight is 414 g/mol. The number of amides is 1. The Kier molecular flexibility index (Phi) is 6.06. The van der Waals surface area contributed by atoms with Crippen molar-refractivity contribution in [2.75, 3.05) is 5.32 Å². The molecule has 1 heterocycles. The lowest BCUT2D eigenvalue weighted by Gasteiger charge is -2.10. The lowest BCUT2D eigenvalue weighted by molar-refractivity contribution is 0.102. The Morgan fingerprint density at radius 2 is 1.57 bits per heavy atom. The van der Waals surface area contributed by atoms with Crippen LogP contribution in [0.4, 0.5) is 5.69 Å². The number of carbonyl (C=O) groups is 1. The molecule has 1 aromatic heterocycles. The molecule has 0 spiro atoms. The highest BCUT2D eigenvalue weighted by molar-refractivity contribution is 7.99. The van der Waals surface area contributed by atoms with E-state index in [9.17, 15) is 4.79 Å². The molecule has 0 radical (unpaired) electrons. The molecule has 148 valence electrons. The first-order valence-corrected chi connectivity index (χ1v) is 10.2. The van der Waals surface area contributed by atoms with Gasteiger partial charge in [-0.3, -0.25) is 4.79 Å². The Hall–Kier alpha value is -3.64. The lowest BCUT2D eigenvalue weighted by atomic mass is 10.1. The molecule has 0 unspecified atom stereocenters. The van der Waals surface area contributed by atoms with Crippen molar-refractivity contribution in [1.82, 2.24) is 9.97 Å². The van der Waals surface area contributed by atoms with Crippen molar-refractivity contribution in [3.8, 4) is 11.6 Å². The maximum Gasteiger partial charge on any atom is 0.255 e. The van der Waals surface area contributed by atoms with E-state index in [-0.39, 0.29) is 5.91 Å². The second-order valence-electron chi connectivity index (χ2n) is 6.48. The van der Waals surface area contributed by atoms with Gasteiger partial charge in [0.25, 0.3) is 11.8 Å². The van der Waals surface area contributed by atoms with Crippen LogP contribution < -0.4 is 10.1 Å². The van der Waals surface area contributed by atoms with E-state index in [2.05, 4.69) is 15.3 Å². The van der Waals surface area contributed by atoms with Crippen molar-refractivity contribution in [2.45, 2.75) is 16.8 Å². The Balaban J connectivity index is 1.46. The summed E-state index contributed by atoms with van der Waals surface area (Å²) < 4.78 is 5.93. The number of aryl methyl sites for hydroxylation is 1. The van der Waals surface area contributed by atoms with Crippen LogP contribution in [0.5, 0.6) is 11.6 Å². The molecule has 4 rings (SSSR count). The van der Waals surface area contributed by atoms with Gasteiger partial charge in [0.1, 0.15) is 5.75 Å². The minimum atomic E-state index is -0.171. The molecule has 1 N–H and O–H groups in total. The van der Waals surface area contributed by atoms with Gasteiger partial charge in [0.05, 0.1) is 0 Å². The van der Waals surface area contributed by atoms with Crippen molar-refractivity contribution < 1.29 is 9.53 Å². The molecule has 0 saturated carbocycles. The summed E-state index contributed by atoms with van der Waals surface area (Å²) in [5.41, 5.74) is 2.35. The van der Waals surface area contributed by atoms with Crippen molar-refractivity contribution in [3.05, 3.63) is 102 Å². The minimum Gasteiger partial charge on any atom is -0.437 e. The molecule has 30 heavy (non-hydrogen) atoms. The normalized spacial score (nSPS) is 10.4. The van der Waals surface area contributed by atoms with Crippen molar-refractivity contribution in [3.63, 3.8) is 0 Å². The van der Waals surface area contributed by atoms with E-state index in [1.54, 1.807) is 36.7 Å². The molecule has 3 aromatic carbocycles. The molecule has 4 aromatic rings. The second kappa shape index (κ2) is 9.24. The Bertz CT molecular complexity index is 1150. The van der Waals surface area contributed by atoms with Gasteiger partial charge < -0.3 is 10.1 Å². The fourth-order valence-corrected chi connectivity index (χ4v) is 3.56. The van der Waals surface area contributed by atoms with Crippen LogP contribution in [0.25, 0.3) is 0 Å². The number of aromatic nitrogens is 2. The van der Waals surface area contributed by atoms with Crippen LogP contribution >= 0.6 is 11.8 Å². The van der Waals surface area contributed by atoms with E-state index in [1.165, 1.54) is 11.8 Å². The molecule has 0 saturated heterocycles. The fourth-order valence-electron chi connectivity index (χ4n) is 2.75. The number of hydrogen-bond donors (Lipinski definition) is 1. The van der Waals surface area contributed by atoms with Gasteiger partial charge in [0.15, 0.2) is 5.03 Å². The molecule has 0 bridgehead atoms. The molecule has 5 nitrogen and oxygen atoms in total. The van der Waals surface area contributed by atoms with Gasteiger partial charge in [-0.25, -0.2) is 9.97 Å². The third kappa shape index (κ3) is 4.85. The molecule has 0 aliphatic carbocycles. The minimum absolute atomic E-state index is 0.171. The summed E-state index contributed by atoms with van der Waals surface area (Å²) in [6, 6.07) is 24.5. The number of anilines is 1. The summed E-state index contributed by atoms with van der Waals surface area (Å²) in [5.74, 6) is 0.831. The number of benzene rings is 3. The van der Waals surface area contributed by atoms with Crippen molar-refractivity contribution >= 4 is 23.4 Å². The number of hydrogen-bond acceptors (Lipinski definition) is 5. The molecule has 0 fully saturated rings. The van der Waals surface area contributed by atoms with Gasteiger partial charge in [-0.15, -0.1) is 0 Å². The summed E-state index contributed by atoms with van der Waals surface area (Å²) in [6.45, 7) is 1.96. The molecule has 0 atom stereocenters. The van der Waals surface area contributed by atoms with Crippen LogP contribution in [0.3, 0.4) is 0 Å². The van der Waals surface area contributed by atoms with Gasteiger partial charge in [0, 0.05) is 28.5 Å². The van der Waals surface area contributed by atoms with Gasteiger partial charge in [-0.2, -0.15) is 0 Å². The zero-order valence-corrected chi connectivity index (χ0v) is 17.1. The van der Waals surface area contributed by atoms with Crippen LogP contribution in [-0.2, 0) is 0 Å². The quantitative estimate of drug-likeness (QED) is 0.421. The summed E-state index contributed by atoms with van der Waals surface area (Å²) in [5, 5.41) is 3.60. The third-order valence-corrected chi connectivity index (χ3v) is 5.30. The van der Waals surface area contributed by atoms with E-state index in [1.807, 2.05) is 61.5 Å². The van der Waals surface area contributed by atoms with Crippen LogP contribution in [0, 0.1) is 6.92 Å². The number of nitrogens with one attached hydrogen (secondary N) is 1. The topological polar surface area (TPSA) is 64.1 Å². The molecule has 0 aliphatic heterocycles. The number of rotatable bonds is 6. The van der Waals surface area contributed by atoms with Crippen molar-refractivity contribution in [1.29, 1.82) is 0 Å². The monoisotopic (exact) mass is 413 g/mol. The average Bonchev–Trinajstić information content (AvgIpc) is 2.78. The first kappa shape index (κ1) is 19.7.